The van der Waals surface area contributed by atoms with Crippen LogP contribution in [-0.4, -0.2) is 100 Å². The molecule has 4 aromatic carbocycles. The van der Waals surface area contributed by atoms with Gasteiger partial charge in [0.15, 0.2) is 16.9 Å². The highest BCUT2D eigenvalue weighted by Gasteiger charge is 2.24. The number of amides is 3. The number of hydrogen-bond donors (Lipinski definition) is 6. The number of pyridine rings is 4. The number of carbonyl (C=O) groups excluding carboxylic acids is 3. The van der Waals surface area contributed by atoms with E-state index in [2.05, 4.69) is 169 Å². The third-order valence-electron chi connectivity index (χ3n) is 19.0. The maximum atomic E-state index is 11.9. The molecule has 0 atom stereocenters. The maximum absolute atomic E-state index is 11.9. The van der Waals surface area contributed by atoms with Crippen LogP contribution in [0.5, 0.6) is 0 Å². The summed E-state index contributed by atoms with van der Waals surface area (Å²) in [7, 11) is 0. The minimum atomic E-state index is -0.00704. The van der Waals surface area contributed by atoms with Gasteiger partial charge in [0.05, 0.1) is 64.1 Å². The molecule has 6 aliphatic rings. The molecule has 564 valence electrons. The highest BCUT2D eigenvalue weighted by Crippen LogP contribution is 2.35. The van der Waals surface area contributed by atoms with E-state index in [1.165, 1.54) is 63.5 Å². The fourth-order valence-electron chi connectivity index (χ4n) is 14.0. The molecule has 6 N–H and O–H groups in total. The molecule has 0 aliphatic carbocycles. The lowest BCUT2D eigenvalue weighted by Gasteiger charge is -2.28. The molecule has 3 saturated heterocycles. The van der Waals surface area contributed by atoms with Crippen molar-refractivity contribution in [3.8, 4) is 33.8 Å². The van der Waals surface area contributed by atoms with Crippen molar-refractivity contribution in [3.63, 3.8) is 0 Å². The maximum Gasteiger partial charge on any atom is 0.251 e. The fourth-order valence-corrected chi connectivity index (χ4v) is 14.0. The Balaban J connectivity index is 0.000000161. The molecular weight excluding hydrogens is 1350 g/mol. The first kappa shape index (κ1) is 79.0. The van der Waals surface area contributed by atoms with Gasteiger partial charge >= 0.3 is 0 Å². The molecule has 14 heterocycles. The number of rotatable bonds is 12. The molecule has 18 rings (SSSR count). The Morgan fingerprint density at radius 2 is 0.667 bits per heavy atom. The number of nitrogens with one attached hydrogen (secondary N) is 6. The second-order valence-electron chi connectivity index (χ2n) is 25.2. The van der Waals surface area contributed by atoms with Gasteiger partial charge in [-0.25, -0.2) is 29.9 Å². The van der Waals surface area contributed by atoms with E-state index in [1.807, 2.05) is 175 Å². The molecule has 21 nitrogen and oxygen atoms in total. The molecule has 0 radical (unpaired) electrons. The lowest BCUT2D eigenvalue weighted by molar-refractivity contribution is 0.0957. The molecule has 6 aliphatic heterocycles. The standard InChI is InChI=1S/C26H25N5O.C25H24N6O.C24H23N7O.6C2H6/c32-26-22-9-4-18(16-19(22)17-28-26)24-11-10-23(25-27-12-15-31(24)25)29-20-5-7-21(8-6-20)30-13-2-1-3-14-30;32-25-20-6-4-17(14-18(20)15-28-25)22-8-7-21(24-26-10-13-31(22)24)29-19-5-9-23(27-16-19)30-11-2-1-3-12-30;32-23-19-5-4-16(12-17(19)13-26-23)21-7-6-20(22-25-8-11-31(21)22)29-18-14-27-24(28-15-18)30-9-2-1-3-10-30;6*1-2/h4-12,15-16,29H,1-3,13-14,17H2,(H,28,32);4-10,13-14,16,29H,1-3,11-12,15H2,(H,28,32);4-8,11-12,14-15,29H,1-3,9-10,13H2,(H,26,32);6*1-2H3. The van der Waals surface area contributed by atoms with Crippen LogP contribution >= 0.6 is 0 Å². The van der Waals surface area contributed by atoms with Gasteiger partial charge < -0.3 is 46.6 Å². The van der Waals surface area contributed by atoms with Gasteiger partial charge in [0.1, 0.15) is 5.82 Å². The quantitative estimate of drug-likeness (QED) is 0.0669. The van der Waals surface area contributed by atoms with Crippen molar-refractivity contribution in [3.05, 3.63) is 217 Å². The first-order valence-corrected chi connectivity index (χ1v) is 39.4. The van der Waals surface area contributed by atoms with Crippen LogP contribution in [0.4, 0.5) is 51.6 Å². The van der Waals surface area contributed by atoms with Crippen LogP contribution in [0.2, 0.25) is 0 Å². The number of benzene rings is 4. The van der Waals surface area contributed by atoms with Gasteiger partial charge in [-0.15, -0.1) is 0 Å². The minimum absolute atomic E-state index is 0.00112. The number of carbonyl (C=O) groups is 3. The van der Waals surface area contributed by atoms with Crippen LogP contribution in [0.25, 0.3) is 50.7 Å². The van der Waals surface area contributed by atoms with Crippen molar-refractivity contribution in [2.75, 3.05) is 69.9 Å². The van der Waals surface area contributed by atoms with E-state index in [-0.39, 0.29) is 17.7 Å². The van der Waals surface area contributed by atoms with Gasteiger partial charge in [-0.1, -0.05) is 101 Å². The minimum Gasteiger partial charge on any atom is -0.372 e. The molecular formula is C87H108N18O3. The Hall–Kier alpha value is -11.6. The number of hydrogen-bond acceptors (Lipinski definition) is 15. The molecule has 0 bridgehead atoms. The number of aromatic nitrogens is 9. The van der Waals surface area contributed by atoms with Crippen LogP contribution in [0.3, 0.4) is 0 Å². The molecule has 108 heavy (non-hydrogen) atoms. The van der Waals surface area contributed by atoms with E-state index in [0.717, 1.165) is 169 Å². The zero-order chi connectivity index (χ0) is 76.5. The third-order valence-corrected chi connectivity index (χ3v) is 19.0. The lowest BCUT2D eigenvalue weighted by Crippen LogP contribution is -2.30. The summed E-state index contributed by atoms with van der Waals surface area (Å²) >= 11 is 0. The number of piperidine rings is 3. The molecule has 3 fully saturated rings. The molecule has 8 aromatic heterocycles. The first-order chi connectivity index (χ1) is 53.3. The number of anilines is 9. The summed E-state index contributed by atoms with van der Waals surface area (Å²) in [4.78, 5) is 70.2. The van der Waals surface area contributed by atoms with Gasteiger partial charge in [0.25, 0.3) is 17.7 Å². The molecule has 3 amide bonds. The summed E-state index contributed by atoms with van der Waals surface area (Å²) in [5.41, 5.74) is 21.0. The van der Waals surface area contributed by atoms with Gasteiger partial charge in [-0.2, -0.15) is 0 Å². The predicted octanol–water partition coefficient (Wildman–Crippen LogP) is 19.3. The Morgan fingerprint density at radius 1 is 0.324 bits per heavy atom. The van der Waals surface area contributed by atoms with E-state index in [9.17, 15) is 14.4 Å². The summed E-state index contributed by atoms with van der Waals surface area (Å²) in [6.45, 7) is 32.3. The van der Waals surface area contributed by atoms with Gasteiger partial charge in [0.2, 0.25) is 5.95 Å². The normalized spacial score (nSPS) is 14.2. The topological polar surface area (TPSA) is 224 Å². The summed E-state index contributed by atoms with van der Waals surface area (Å²) in [5.74, 6) is 1.83. The second-order valence-corrected chi connectivity index (χ2v) is 25.2. The van der Waals surface area contributed by atoms with Crippen LogP contribution < -0.4 is 46.6 Å². The van der Waals surface area contributed by atoms with E-state index >= 15 is 0 Å². The van der Waals surface area contributed by atoms with E-state index in [1.54, 1.807) is 12.4 Å². The van der Waals surface area contributed by atoms with Crippen molar-refractivity contribution in [1.29, 1.82) is 0 Å². The summed E-state index contributed by atoms with van der Waals surface area (Å²) in [6, 6.07) is 43.2. The molecule has 0 unspecified atom stereocenters. The van der Waals surface area contributed by atoms with Crippen LogP contribution in [-0.2, 0) is 19.6 Å². The van der Waals surface area contributed by atoms with Crippen molar-refractivity contribution >= 4 is 86.2 Å². The van der Waals surface area contributed by atoms with Crippen LogP contribution in [0, 0.1) is 0 Å². The third kappa shape index (κ3) is 18.1. The van der Waals surface area contributed by atoms with Crippen molar-refractivity contribution in [2.24, 2.45) is 0 Å². The highest BCUT2D eigenvalue weighted by atomic mass is 16.2. The molecule has 0 spiro atoms. The van der Waals surface area contributed by atoms with Crippen LogP contribution in [0.15, 0.2) is 183 Å². The summed E-state index contributed by atoms with van der Waals surface area (Å²) < 4.78 is 6.22. The number of nitrogens with zero attached hydrogens (tertiary/aromatic N) is 12. The van der Waals surface area contributed by atoms with Gasteiger partial charge in [-0.3, -0.25) is 27.6 Å². The largest absolute Gasteiger partial charge is 0.372 e. The Morgan fingerprint density at radius 3 is 1.05 bits per heavy atom. The predicted molar refractivity (Wildman–Crippen MR) is 444 cm³/mol. The van der Waals surface area contributed by atoms with Gasteiger partial charge in [0, 0.05) is 124 Å². The monoisotopic (exact) mass is 1450 g/mol. The molecule has 12 aromatic rings. The highest BCUT2D eigenvalue weighted by molar-refractivity contribution is 6.00. The average Bonchev–Trinajstić information content (AvgIpc) is 1.55. The van der Waals surface area contributed by atoms with Crippen molar-refractivity contribution < 1.29 is 14.4 Å². The van der Waals surface area contributed by atoms with E-state index < -0.39 is 0 Å². The molecule has 0 saturated carbocycles. The smallest absolute Gasteiger partial charge is 0.251 e. The Bertz CT molecular complexity index is 4400. The number of fused-ring (bicyclic) bond motifs is 6. The SMILES string of the molecule is CC.CC.CC.CC.CC.CC.O=C1NCc2cc(-c3ccc(Nc4ccc(N5CCCCC5)cc4)c4nccn34)ccc21.O=C1NCc2cc(-c3ccc(Nc4ccc(N5CCCCC5)nc4)c4nccn34)ccc21.O=C1NCc2cc(-c3ccc(Nc4cnc(N5CCCCC5)nc4)c4nccn34)ccc21. The first-order valence-electron chi connectivity index (χ1n) is 39.4. The van der Waals surface area contributed by atoms with Crippen LogP contribution in [0.1, 0.15) is 189 Å². The Kier molecular flexibility index (Phi) is 28.6. The van der Waals surface area contributed by atoms with E-state index in [4.69, 9.17) is 0 Å². The average molecular weight is 1450 g/mol. The zero-order valence-electron chi connectivity index (χ0n) is 65.1. The summed E-state index contributed by atoms with van der Waals surface area (Å²) in [5, 5.41) is 19.1. The number of imidazole rings is 3. The van der Waals surface area contributed by atoms with Gasteiger partial charge in [-0.05, 0) is 200 Å². The second kappa shape index (κ2) is 39.1. The fraction of sp³-hybridized carbons (Fsp3) is 0.345. The van der Waals surface area contributed by atoms with E-state index in [0.29, 0.717) is 19.6 Å². The lowest BCUT2D eigenvalue weighted by atomic mass is 10.0. The van der Waals surface area contributed by atoms with Crippen molar-refractivity contribution in [1.82, 2.24) is 59.1 Å². The van der Waals surface area contributed by atoms with Crippen molar-refractivity contribution in [2.45, 2.75) is 161 Å². The Labute approximate surface area is 637 Å². The summed E-state index contributed by atoms with van der Waals surface area (Å²) in [6.07, 6.45) is 28.2. The zero-order valence-corrected chi connectivity index (χ0v) is 65.1. The molecule has 21 heteroatoms.